The number of nitrogens with zero attached hydrogens (tertiary/aromatic N) is 1. The summed E-state index contributed by atoms with van der Waals surface area (Å²) in [5, 5.41) is 0.367. The Balaban J connectivity index is 1.66. The van der Waals surface area contributed by atoms with Crippen molar-refractivity contribution in [3.05, 3.63) is 105 Å². The quantitative estimate of drug-likeness (QED) is 0.157. The minimum atomic E-state index is -4.52. The van der Waals surface area contributed by atoms with Gasteiger partial charge in [-0.1, -0.05) is 66.5 Å². The van der Waals surface area contributed by atoms with Gasteiger partial charge >= 0.3 is 12.1 Å². The van der Waals surface area contributed by atoms with Crippen LogP contribution in [0.1, 0.15) is 42.4 Å². The average molecular weight is 568 g/mol. The lowest BCUT2D eigenvalue weighted by molar-refractivity contribution is -0.137. The van der Waals surface area contributed by atoms with E-state index in [0.717, 1.165) is 23.0 Å². The van der Waals surface area contributed by atoms with Crippen LogP contribution in [0.2, 0.25) is 10.0 Å². The zero-order valence-corrected chi connectivity index (χ0v) is 22.7. The van der Waals surface area contributed by atoms with Gasteiger partial charge in [-0.2, -0.15) is 13.2 Å². The van der Waals surface area contributed by atoms with Gasteiger partial charge in [0.15, 0.2) is 0 Å². The van der Waals surface area contributed by atoms with Gasteiger partial charge in [0.25, 0.3) is 0 Å². The molecular weight excluding hydrogens is 538 g/mol. The first-order valence-electron chi connectivity index (χ1n) is 12.2. The number of hydrogen-bond acceptors (Lipinski definition) is 4. The molecule has 0 fully saturated rings. The van der Waals surface area contributed by atoms with Crippen molar-refractivity contribution in [2.75, 3.05) is 26.8 Å². The number of alkyl halides is 3. The van der Waals surface area contributed by atoms with E-state index in [2.05, 4.69) is 16.6 Å². The zero-order valence-electron chi connectivity index (χ0n) is 21.2. The number of ether oxygens (including phenoxy) is 2. The van der Waals surface area contributed by atoms with Crippen LogP contribution < -0.4 is 0 Å². The van der Waals surface area contributed by atoms with Crippen molar-refractivity contribution >= 4 is 29.2 Å². The number of halogens is 5. The summed E-state index contributed by atoms with van der Waals surface area (Å²) in [7, 11) is 1.32. The van der Waals surface area contributed by atoms with Crippen molar-refractivity contribution in [2.45, 2.75) is 38.4 Å². The molecule has 0 saturated carbocycles. The Bertz CT molecular complexity index is 1190. The van der Waals surface area contributed by atoms with Crippen molar-refractivity contribution in [3.63, 3.8) is 0 Å². The smallest absolute Gasteiger partial charge is 0.417 e. The number of rotatable bonds is 11. The summed E-state index contributed by atoms with van der Waals surface area (Å²) in [6.07, 6.45) is 3.49. The summed E-state index contributed by atoms with van der Waals surface area (Å²) in [5.41, 5.74) is 1.45. The lowest BCUT2D eigenvalue weighted by atomic mass is 10.00. The van der Waals surface area contributed by atoms with E-state index in [1.54, 1.807) is 6.07 Å². The molecular formula is C29H30Cl2F3NO3. The molecule has 1 aliphatic rings. The van der Waals surface area contributed by atoms with Crippen LogP contribution in [0, 0.1) is 0 Å². The third-order valence-corrected chi connectivity index (χ3v) is 6.83. The van der Waals surface area contributed by atoms with Crippen LogP contribution >= 0.6 is 23.2 Å². The van der Waals surface area contributed by atoms with Crippen molar-refractivity contribution in [1.82, 2.24) is 4.90 Å². The van der Waals surface area contributed by atoms with Gasteiger partial charge in [0, 0.05) is 37.2 Å². The SMILES string of the molecule is COC(=O)C=C1C=CC=C(OCCCN(Cc2cccc(C(F)(F)F)c2Cl)CC(C)c2ccc(Cl)cc2)C1. The molecule has 0 bridgehead atoms. The molecule has 204 valence electrons. The maximum absolute atomic E-state index is 13.4. The lowest BCUT2D eigenvalue weighted by Crippen LogP contribution is -2.29. The van der Waals surface area contributed by atoms with Crippen LogP contribution in [0.25, 0.3) is 0 Å². The molecule has 0 aliphatic heterocycles. The predicted octanol–water partition coefficient (Wildman–Crippen LogP) is 7.97. The maximum atomic E-state index is 13.4. The molecule has 2 aromatic carbocycles. The molecule has 4 nitrogen and oxygen atoms in total. The van der Waals surface area contributed by atoms with E-state index in [0.29, 0.717) is 43.1 Å². The Labute approximate surface area is 231 Å². The molecule has 0 N–H and O–H groups in total. The fraction of sp³-hybridized carbons (Fsp3) is 0.345. The molecule has 1 aliphatic carbocycles. The topological polar surface area (TPSA) is 38.8 Å². The molecule has 0 aromatic heterocycles. The second kappa shape index (κ2) is 13.9. The summed E-state index contributed by atoms with van der Waals surface area (Å²) in [4.78, 5) is 13.6. The molecule has 2 aromatic rings. The van der Waals surface area contributed by atoms with Crippen molar-refractivity contribution in [1.29, 1.82) is 0 Å². The molecule has 3 rings (SSSR count). The van der Waals surface area contributed by atoms with Crippen LogP contribution in [0.5, 0.6) is 0 Å². The van der Waals surface area contributed by atoms with Crippen molar-refractivity contribution < 1.29 is 27.4 Å². The van der Waals surface area contributed by atoms with Crippen LogP contribution in [0.15, 0.2) is 78.1 Å². The largest absolute Gasteiger partial charge is 0.498 e. The summed E-state index contributed by atoms with van der Waals surface area (Å²) in [6, 6.07) is 11.6. The Morgan fingerprint density at radius 3 is 2.58 bits per heavy atom. The van der Waals surface area contributed by atoms with Gasteiger partial charge in [-0.15, -0.1) is 0 Å². The fourth-order valence-corrected chi connectivity index (χ4v) is 4.60. The highest BCUT2D eigenvalue weighted by molar-refractivity contribution is 6.32. The van der Waals surface area contributed by atoms with Crippen LogP contribution in [-0.4, -0.2) is 37.7 Å². The van der Waals surface area contributed by atoms with Crippen LogP contribution in [0.3, 0.4) is 0 Å². The molecule has 0 amide bonds. The monoisotopic (exact) mass is 567 g/mol. The first-order valence-corrected chi connectivity index (χ1v) is 12.9. The molecule has 0 spiro atoms. The van der Waals surface area contributed by atoms with Gasteiger partial charge in [0.2, 0.25) is 0 Å². The van der Waals surface area contributed by atoms with Crippen LogP contribution in [-0.2, 0) is 27.0 Å². The van der Waals surface area contributed by atoms with E-state index in [4.69, 9.17) is 27.9 Å². The van der Waals surface area contributed by atoms with E-state index < -0.39 is 17.7 Å². The Kier molecular flexibility index (Phi) is 10.9. The molecule has 1 unspecified atom stereocenters. The third-order valence-electron chi connectivity index (χ3n) is 6.13. The molecule has 38 heavy (non-hydrogen) atoms. The average Bonchev–Trinajstić information content (AvgIpc) is 2.87. The number of methoxy groups -OCH3 is 1. The normalized spacial score (nSPS) is 15.5. The van der Waals surface area contributed by atoms with Gasteiger partial charge in [-0.25, -0.2) is 4.79 Å². The van der Waals surface area contributed by atoms with Gasteiger partial charge in [0.05, 0.1) is 24.3 Å². The predicted molar refractivity (Wildman–Crippen MR) is 144 cm³/mol. The standard InChI is InChI=1S/C29H30Cl2F3NO3/c1-20(22-10-12-24(30)13-11-22)18-35(19-23-7-4-9-26(28(23)31)29(32,33)34)14-5-15-38-25-8-3-6-21(16-25)17-27(36)37-2/h3-4,6-13,17,20H,5,14-16,18-19H2,1-2H3. The summed E-state index contributed by atoms with van der Waals surface area (Å²) >= 11 is 12.2. The van der Waals surface area contributed by atoms with Gasteiger partial charge in [0.1, 0.15) is 5.76 Å². The van der Waals surface area contributed by atoms with E-state index in [9.17, 15) is 18.0 Å². The van der Waals surface area contributed by atoms with E-state index in [1.807, 2.05) is 42.5 Å². The van der Waals surface area contributed by atoms with Crippen LogP contribution in [0.4, 0.5) is 13.2 Å². The number of carbonyl (C=O) groups is 1. The molecule has 0 heterocycles. The van der Waals surface area contributed by atoms with Gasteiger partial charge in [-0.3, -0.25) is 4.90 Å². The second-order valence-electron chi connectivity index (χ2n) is 9.08. The minimum Gasteiger partial charge on any atom is -0.498 e. The number of esters is 1. The summed E-state index contributed by atoms with van der Waals surface area (Å²) in [6.45, 7) is 3.92. The van der Waals surface area contributed by atoms with E-state index in [-0.39, 0.29) is 17.5 Å². The number of carbonyl (C=O) groups excluding carboxylic acids is 1. The number of benzene rings is 2. The first kappa shape index (κ1) is 29.8. The number of hydrogen-bond donors (Lipinski definition) is 0. The lowest BCUT2D eigenvalue weighted by Gasteiger charge is -2.27. The van der Waals surface area contributed by atoms with Crippen molar-refractivity contribution in [3.8, 4) is 0 Å². The summed E-state index contributed by atoms with van der Waals surface area (Å²) < 4.78 is 50.8. The third kappa shape index (κ3) is 8.93. The second-order valence-corrected chi connectivity index (χ2v) is 9.89. The highest BCUT2D eigenvalue weighted by Crippen LogP contribution is 2.36. The molecule has 0 saturated heterocycles. The maximum Gasteiger partial charge on any atom is 0.417 e. The Morgan fingerprint density at radius 2 is 1.89 bits per heavy atom. The zero-order chi connectivity index (χ0) is 27.7. The fourth-order valence-electron chi connectivity index (χ4n) is 4.18. The van der Waals surface area contributed by atoms with Gasteiger partial charge < -0.3 is 9.47 Å². The first-order chi connectivity index (χ1) is 18.1. The van der Waals surface area contributed by atoms with E-state index >= 15 is 0 Å². The summed E-state index contributed by atoms with van der Waals surface area (Å²) in [5.74, 6) is 0.407. The highest BCUT2D eigenvalue weighted by Gasteiger charge is 2.34. The Hall–Kier alpha value is -2.74. The minimum absolute atomic E-state index is 0.106. The molecule has 9 heteroatoms. The highest BCUT2D eigenvalue weighted by atomic mass is 35.5. The van der Waals surface area contributed by atoms with E-state index in [1.165, 1.54) is 19.3 Å². The Morgan fingerprint density at radius 1 is 1.16 bits per heavy atom. The van der Waals surface area contributed by atoms with Gasteiger partial charge in [-0.05, 0) is 53.3 Å². The van der Waals surface area contributed by atoms with Crippen molar-refractivity contribution in [2.24, 2.45) is 0 Å². The molecule has 0 radical (unpaired) electrons. The molecule has 1 atom stereocenters. The number of allylic oxidation sites excluding steroid dienone is 4.